The molecule has 2 aromatic rings. The van der Waals surface area contributed by atoms with E-state index in [0.29, 0.717) is 28.8 Å². The molecule has 0 atom stereocenters. The molecule has 0 fully saturated rings. The van der Waals surface area contributed by atoms with Gasteiger partial charge in [-0.3, -0.25) is 4.57 Å². The Morgan fingerprint density at radius 3 is 2.57 bits per heavy atom. The van der Waals surface area contributed by atoms with E-state index in [2.05, 4.69) is 25.7 Å². The predicted octanol–water partition coefficient (Wildman–Crippen LogP) is 4.50. The second-order valence-corrected chi connectivity index (χ2v) is 5.21. The Bertz CT molecular complexity index is 643. The Labute approximate surface area is 128 Å². The topological polar surface area (TPSA) is 27.1 Å². The van der Waals surface area contributed by atoms with Crippen molar-refractivity contribution in [3.8, 4) is 11.4 Å². The van der Waals surface area contributed by atoms with Crippen molar-refractivity contribution < 1.29 is 17.9 Å². The van der Waals surface area contributed by atoms with Crippen LogP contribution < -0.4 is 4.74 Å². The molecular weight excluding hydrogens is 349 g/mol. The van der Waals surface area contributed by atoms with E-state index in [1.807, 2.05) is 6.92 Å². The zero-order valence-corrected chi connectivity index (χ0v) is 13.1. The van der Waals surface area contributed by atoms with Crippen LogP contribution in [0.15, 0.2) is 22.7 Å². The lowest BCUT2D eigenvalue weighted by molar-refractivity contribution is -0.0499. The SMILES string of the molecule is CCc1nc(CC)n(-c2ccc(Br)cc2OC(F)F)c1F. The molecule has 114 valence electrons. The third kappa shape index (κ3) is 3.23. The quantitative estimate of drug-likeness (QED) is 0.782. The first-order valence-corrected chi connectivity index (χ1v) is 7.27. The van der Waals surface area contributed by atoms with Gasteiger partial charge in [0.2, 0.25) is 5.95 Å². The molecular formula is C14H14BrF3N2O. The van der Waals surface area contributed by atoms with Crippen LogP contribution in [-0.2, 0) is 12.8 Å². The van der Waals surface area contributed by atoms with E-state index >= 15 is 0 Å². The number of hydrogen-bond acceptors (Lipinski definition) is 2. The van der Waals surface area contributed by atoms with Gasteiger partial charge in [0.05, 0.1) is 11.4 Å². The van der Waals surface area contributed by atoms with Gasteiger partial charge in [-0.1, -0.05) is 29.8 Å². The number of ether oxygens (including phenoxy) is 1. The number of imidazole rings is 1. The van der Waals surface area contributed by atoms with E-state index in [1.165, 1.54) is 16.7 Å². The highest BCUT2D eigenvalue weighted by Crippen LogP contribution is 2.31. The molecule has 3 nitrogen and oxygen atoms in total. The van der Waals surface area contributed by atoms with Gasteiger partial charge < -0.3 is 4.74 Å². The molecule has 0 aliphatic heterocycles. The van der Waals surface area contributed by atoms with Gasteiger partial charge in [0, 0.05) is 10.9 Å². The minimum Gasteiger partial charge on any atom is -0.433 e. The molecule has 0 amide bonds. The zero-order chi connectivity index (χ0) is 15.6. The molecule has 0 spiro atoms. The fraction of sp³-hybridized carbons (Fsp3) is 0.357. The molecule has 21 heavy (non-hydrogen) atoms. The molecule has 0 saturated carbocycles. The van der Waals surface area contributed by atoms with Crippen LogP contribution in [0, 0.1) is 5.95 Å². The van der Waals surface area contributed by atoms with Crippen molar-refractivity contribution in [2.45, 2.75) is 33.3 Å². The van der Waals surface area contributed by atoms with Gasteiger partial charge in [-0.15, -0.1) is 0 Å². The molecule has 1 aromatic heterocycles. The molecule has 0 N–H and O–H groups in total. The van der Waals surface area contributed by atoms with Crippen molar-refractivity contribution in [3.63, 3.8) is 0 Å². The van der Waals surface area contributed by atoms with E-state index < -0.39 is 12.6 Å². The maximum atomic E-state index is 14.4. The lowest BCUT2D eigenvalue weighted by Gasteiger charge is -2.14. The van der Waals surface area contributed by atoms with Crippen LogP contribution in [0.2, 0.25) is 0 Å². The summed E-state index contributed by atoms with van der Waals surface area (Å²) in [6, 6.07) is 4.54. The third-order valence-electron chi connectivity index (χ3n) is 2.99. The minimum absolute atomic E-state index is 0.104. The van der Waals surface area contributed by atoms with Crippen molar-refractivity contribution in [2.24, 2.45) is 0 Å². The van der Waals surface area contributed by atoms with Crippen molar-refractivity contribution in [1.82, 2.24) is 9.55 Å². The molecule has 0 unspecified atom stereocenters. The number of rotatable bonds is 5. The van der Waals surface area contributed by atoms with Gasteiger partial charge in [0.15, 0.2) is 5.75 Å². The number of alkyl halides is 2. The highest BCUT2D eigenvalue weighted by atomic mass is 79.9. The van der Waals surface area contributed by atoms with E-state index in [1.54, 1.807) is 13.0 Å². The van der Waals surface area contributed by atoms with Crippen LogP contribution in [0.4, 0.5) is 13.2 Å². The average molecular weight is 363 g/mol. The molecule has 1 heterocycles. The fourth-order valence-electron chi connectivity index (χ4n) is 2.06. The Morgan fingerprint density at radius 2 is 2.00 bits per heavy atom. The average Bonchev–Trinajstić information content (AvgIpc) is 2.75. The van der Waals surface area contributed by atoms with Crippen LogP contribution in [0.3, 0.4) is 0 Å². The summed E-state index contributed by atoms with van der Waals surface area (Å²) < 4.78 is 45.8. The standard InChI is InChI=1S/C14H14BrF3N2O/c1-3-9-13(16)20(12(4-2)19-9)10-6-5-8(15)7-11(10)21-14(17)18/h5-7,14H,3-4H2,1-2H3. The van der Waals surface area contributed by atoms with Crippen molar-refractivity contribution in [3.05, 3.63) is 40.1 Å². The van der Waals surface area contributed by atoms with Gasteiger partial charge >= 0.3 is 6.61 Å². The lowest BCUT2D eigenvalue weighted by atomic mass is 10.2. The van der Waals surface area contributed by atoms with E-state index in [4.69, 9.17) is 0 Å². The van der Waals surface area contributed by atoms with E-state index in [-0.39, 0.29) is 11.4 Å². The summed E-state index contributed by atoms with van der Waals surface area (Å²) in [6.45, 7) is 0.623. The maximum Gasteiger partial charge on any atom is 0.387 e. The molecule has 0 aliphatic carbocycles. The smallest absolute Gasteiger partial charge is 0.387 e. The summed E-state index contributed by atoms with van der Waals surface area (Å²) in [6.07, 6.45) is 0.897. The Morgan fingerprint density at radius 1 is 1.29 bits per heavy atom. The first kappa shape index (κ1) is 15.9. The van der Waals surface area contributed by atoms with Gasteiger partial charge in [-0.2, -0.15) is 13.2 Å². The normalized spacial score (nSPS) is 11.2. The monoisotopic (exact) mass is 362 g/mol. The van der Waals surface area contributed by atoms with Gasteiger partial charge in [-0.05, 0) is 24.6 Å². The summed E-state index contributed by atoms with van der Waals surface area (Å²) >= 11 is 3.19. The Balaban J connectivity index is 2.63. The van der Waals surface area contributed by atoms with E-state index in [9.17, 15) is 13.2 Å². The summed E-state index contributed by atoms with van der Waals surface area (Å²) in [5.74, 6) is -0.186. The van der Waals surface area contributed by atoms with Gasteiger partial charge in [-0.25, -0.2) is 4.98 Å². The molecule has 0 bridgehead atoms. The van der Waals surface area contributed by atoms with Crippen LogP contribution in [-0.4, -0.2) is 16.2 Å². The largest absolute Gasteiger partial charge is 0.433 e. The van der Waals surface area contributed by atoms with E-state index in [0.717, 1.165) is 0 Å². The zero-order valence-electron chi connectivity index (χ0n) is 11.5. The fourth-order valence-corrected chi connectivity index (χ4v) is 2.40. The number of hydrogen-bond donors (Lipinski definition) is 0. The van der Waals surface area contributed by atoms with Gasteiger partial charge in [0.1, 0.15) is 5.82 Å². The molecule has 1 aromatic carbocycles. The Hall–Kier alpha value is -1.50. The van der Waals surface area contributed by atoms with Crippen LogP contribution in [0.1, 0.15) is 25.4 Å². The molecule has 0 radical (unpaired) electrons. The Kier molecular flexibility index (Phi) is 4.92. The molecule has 0 saturated heterocycles. The molecule has 2 rings (SSSR count). The van der Waals surface area contributed by atoms with Crippen molar-refractivity contribution in [2.75, 3.05) is 0 Å². The van der Waals surface area contributed by atoms with Crippen LogP contribution in [0.5, 0.6) is 5.75 Å². The summed E-state index contributed by atoms with van der Waals surface area (Å²) in [7, 11) is 0. The number of nitrogens with zero attached hydrogens (tertiary/aromatic N) is 2. The first-order valence-electron chi connectivity index (χ1n) is 6.48. The predicted molar refractivity (Wildman–Crippen MR) is 76.6 cm³/mol. The summed E-state index contributed by atoms with van der Waals surface area (Å²) in [5.41, 5.74) is 0.512. The second kappa shape index (κ2) is 6.51. The minimum atomic E-state index is -2.99. The third-order valence-corrected chi connectivity index (χ3v) is 3.48. The highest BCUT2D eigenvalue weighted by Gasteiger charge is 2.20. The first-order chi connectivity index (χ1) is 9.97. The second-order valence-electron chi connectivity index (χ2n) is 4.30. The summed E-state index contributed by atoms with van der Waals surface area (Å²) in [4.78, 5) is 4.20. The maximum absolute atomic E-state index is 14.4. The number of aromatic nitrogens is 2. The van der Waals surface area contributed by atoms with Crippen LogP contribution in [0.25, 0.3) is 5.69 Å². The van der Waals surface area contributed by atoms with Crippen molar-refractivity contribution in [1.29, 1.82) is 0 Å². The number of benzene rings is 1. The van der Waals surface area contributed by atoms with Crippen LogP contribution >= 0.6 is 15.9 Å². The molecule has 0 aliphatic rings. The lowest BCUT2D eigenvalue weighted by Crippen LogP contribution is -2.09. The summed E-state index contributed by atoms with van der Waals surface area (Å²) in [5, 5.41) is 0. The van der Waals surface area contributed by atoms with Crippen molar-refractivity contribution >= 4 is 15.9 Å². The number of halogens is 4. The molecule has 7 heteroatoms. The highest BCUT2D eigenvalue weighted by molar-refractivity contribution is 9.10. The number of aryl methyl sites for hydroxylation is 2. The van der Waals surface area contributed by atoms with Gasteiger partial charge in [0.25, 0.3) is 0 Å².